The lowest BCUT2D eigenvalue weighted by Crippen LogP contribution is -2.51. The fourth-order valence-corrected chi connectivity index (χ4v) is 5.29. The molecule has 0 aromatic heterocycles. The molecule has 2 aliphatic rings. The molecular weight excluding hydrogens is 302 g/mol. The van der Waals surface area contributed by atoms with Crippen molar-refractivity contribution in [2.75, 3.05) is 25.4 Å². The monoisotopic (exact) mass is 331 g/mol. The van der Waals surface area contributed by atoms with Crippen LogP contribution in [0.25, 0.3) is 0 Å². The first kappa shape index (κ1) is 17.7. The summed E-state index contributed by atoms with van der Waals surface area (Å²) < 4.78 is 26.1. The molecule has 6 nitrogen and oxygen atoms in total. The standard InChI is InChI=1S/C15H29N3O3S/c1-3-11-22(20,21)18-8-4-5-14(18)15(19)17-9-6-13(7-10-17)12(2)16/h12-14H,3-11,16H2,1-2H3. The van der Waals surface area contributed by atoms with Crippen molar-refractivity contribution in [2.45, 2.75) is 58.0 Å². The van der Waals surface area contributed by atoms with Crippen LogP contribution < -0.4 is 5.73 Å². The Morgan fingerprint density at radius 3 is 2.41 bits per heavy atom. The SMILES string of the molecule is CCCS(=O)(=O)N1CCCC1C(=O)N1CCC(C(C)N)CC1. The predicted molar refractivity (Wildman–Crippen MR) is 86.8 cm³/mol. The number of nitrogens with two attached hydrogens (primary N) is 1. The number of piperidine rings is 1. The van der Waals surface area contributed by atoms with Gasteiger partial charge in [0.15, 0.2) is 0 Å². The van der Waals surface area contributed by atoms with Gasteiger partial charge in [-0.1, -0.05) is 6.92 Å². The van der Waals surface area contributed by atoms with Crippen LogP contribution in [0.4, 0.5) is 0 Å². The molecule has 2 fully saturated rings. The zero-order valence-corrected chi connectivity index (χ0v) is 14.5. The summed E-state index contributed by atoms with van der Waals surface area (Å²) in [6.45, 7) is 5.74. The summed E-state index contributed by atoms with van der Waals surface area (Å²) in [6, 6.07) is -0.325. The summed E-state index contributed by atoms with van der Waals surface area (Å²) in [6.07, 6.45) is 3.83. The molecule has 0 bridgehead atoms. The molecule has 22 heavy (non-hydrogen) atoms. The van der Waals surface area contributed by atoms with Crippen LogP contribution in [0.1, 0.15) is 46.0 Å². The van der Waals surface area contributed by atoms with E-state index in [-0.39, 0.29) is 17.7 Å². The average molecular weight is 331 g/mol. The maximum Gasteiger partial charge on any atom is 0.241 e. The lowest BCUT2D eigenvalue weighted by atomic mass is 9.90. The van der Waals surface area contributed by atoms with Gasteiger partial charge < -0.3 is 10.6 Å². The van der Waals surface area contributed by atoms with Gasteiger partial charge in [-0.05, 0) is 44.9 Å². The smallest absolute Gasteiger partial charge is 0.241 e. The highest BCUT2D eigenvalue weighted by atomic mass is 32.2. The average Bonchev–Trinajstić information content (AvgIpc) is 2.97. The number of sulfonamides is 1. The molecule has 2 rings (SSSR count). The van der Waals surface area contributed by atoms with Crippen LogP contribution in [-0.2, 0) is 14.8 Å². The molecule has 0 spiro atoms. The number of rotatable bonds is 5. The number of likely N-dealkylation sites (tertiary alicyclic amines) is 1. The van der Waals surface area contributed by atoms with Crippen molar-refractivity contribution in [2.24, 2.45) is 11.7 Å². The molecular formula is C15H29N3O3S. The zero-order valence-electron chi connectivity index (χ0n) is 13.7. The van der Waals surface area contributed by atoms with Gasteiger partial charge in [-0.25, -0.2) is 8.42 Å². The summed E-state index contributed by atoms with van der Waals surface area (Å²) >= 11 is 0. The fourth-order valence-electron chi connectivity index (χ4n) is 3.55. The topological polar surface area (TPSA) is 83.7 Å². The van der Waals surface area contributed by atoms with Crippen LogP contribution in [0, 0.1) is 5.92 Å². The van der Waals surface area contributed by atoms with Gasteiger partial charge in [0.25, 0.3) is 0 Å². The second-order valence-electron chi connectivity index (χ2n) is 6.61. The Morgan fingerprint density at radius 1 is 1.23 bits per heavy atom. The van der Waals surface area contributed by atoms with Gasteiger partial charge >= 0.3 is 0 Å². The molecule has 2 heterocycles. The lowest BCUT2D eigenvalue weighted by Gasteiger charge is -2.36. The van der Waals surface area contributed by atoms with E-state index in [1.807, 2.05) is 18.7 Å². The molecule has 2 unspecified atom stereocenters. The minimum Gasteiger partial charge on any atom is -0.341 e. The first-order valence-corrected chi connectivity index (χ1v) is 10.0. The van der Waals surface area contributed by atoms with Gasteiger partial charge in [0.2, 0.25) is 15.9 Å². The van der Waals surface area contributed by atoms with E-state index in [2.05, 4.69) is 0 Å². The number of carbonyl (C=O) groups is 1. The van der Waals surface area contributed by atoms with E-state index in [1.165, 1.54) is 4.31 Å². The Hall–Kier alpha value is -0.660. The Bertz CT molecular complexity index is 484. The van der Waals surface area contributed by atoms with Gasteiger partial charge in [0, 0.05) is 25.7 Å². The Labute approximate surface area is 134 Å². The molecule has 2 saturated heterocycles. The minimum atomic E-state index is -3.30. The Balaban J connectivity index is 2.00. The molecule has 0 saturated carbocycles. The molecule has 2 aliphatic heterocycles. The fraction of sp³-hybridized carbons (Fsp3) is 0.933. The summed E-state index contributed by atoms with van der Waals surface area (Å²) in [5.41, 5.74) is 5.93. The number of nitrogens with zero attached hydrogens (tertiary/aromatic N) is 2. The van der Waals surface area contributed by atoms with Gasteiger partial charge in [0.1, 0.15) is 6.04 Å². The van der Waals surface area contributed by atoms with E-state index >= 15 is 0 Å². The third kappa shape index (κ3) is 3.81. The van der Waals surface area contributed by atoms with E-state index < -0.39 is 16.1 Å². The van der Waals surface area contributed by atoms with Crippen molar-refractivity contribution < 1.29 is 13.2 Å². The Morgan fingerprint density at radius 2 is 1.86 bits per heavy atom. The minimum absolute atomic E-state index is 0.0136. The molecule has 128 valence electrons. The highest BCUT2D eigenvalue weighted by Gasteiger charge is 2.40. The molecule has 0 aromatic rings. The van der Waals surface area contributed by atoms with Crippen LogP contribution in [0.15, 0.2) is 0 Å². The first-order valence-electron chi connectivity index (χ1n) is 8.40. The van der Waals surface area contributed by atoms with E-state index in [0.29, 0.717) is 38.4 Å². The first-order chi connectivity index (χ1) is 10.4. The summed E-state index contributed by atoms with van der Waals surface area (Å²) in [4.78, 5) is 14.6. The third-order valence-electron chi connectivity index (χ3n) is 4.90. The highest BCUT2D eigenvalue weighted by molar-refractivity contribution is 7.89. The van der Waals surface area contributed by atoms with E-state index in [0.717, 1.165) is 19.3 Å². The maximum absolute atomic E-state index is 12.7. The van der Waals surface area contributed by atoms with Gasteiger partial charge in [-0.15, -0.1) is 0 Å². The molecule has 2 atom stereocenters. The number of carbonyl (C=O) groups excluding carboxylic acids is 1. The van der Waals surface area contributed by atoms with E-state index in [1.54, 1.807) is 0 Å². The maximum atomic E-state index is 12.7. The lowest BCUT2D eigenvalue weighted by molar-refractivity contribution is -0.136. The zero-order chi connectivity index (χ0) is 16.3. The quantitative estimate of drug-likeness (QED) is 0.807. The highest BCUT2D eigenvalue weighted by Crippen LogP contribution is 2.26. The third-order valence-corrected chi connectivity index (χ3v) is 6.98. The molecule has 0 aromatic carbocycles. The van der Waals surface area contributed by atoms with Crippen LogP contribution in [0.2, 0.25) is 0 Å². The van der Waals surface area contributed by atoms with Crippen LogP contribution in [0.3, 0.4) is 0 Å². The van der Waals surface area contributed by atoms with Gasteiger partial charge in [0.05, 0.1) is 5.75 Å². The van der Waals surface area contributed by atoms with Crippen molar-refractivity contribution in [1.82, 2.24) is 9.21 Å². The number of hydrogen-bond acceptors (Lipinski definition) is 4. The van der Waals surface area contributed by atoms with Crippen molar-refractivity contribution in [1.29, 1.82) is 0 Å². The molecule has 0 aliphatic carbocycles. The predicted octanol–water partition coefficient (Wildman–Crippen LogP) is 0.776. The van der Waals surface area contributed by atoms with Crippen molar-refractivity contribution in [3.05, 3.63) is 0 Å². The normalized spacial score (nSPS) is 26.3. The Kier molecular flexibility index (Phi) is 5.85. The molecule has 2 N–H and O–H groups in total. The molecule has 0 radical (unpaired) electrons. The van der Waals surface area contributed by atoms with Crippen molar-refractivity contribution in [3.8, 4) is 0 Å². The summed E-state index contributed by atoms with van der Waals surface area (Å²) in [5, 5.41) is 0. The van der Waals surface area contributed by atoms with E-state index in [4.69, 9.17) is 5.73 Å². The molecule has 7 heteroatoms. The summed E-state index contributed by atoms with van der Waals surface area (Å²) in [7, 11) is -3.30. The second-order valence-corrected chi connectivity index (χ2v) is 8.65. The van der Waals surface area contributed by atoms with Crippen LogP contribution in [-0.4, -0.2) is 61.0 Å². The molecule has 1 amide bonds. The van der Waals surface area contributed by atoms with Gasteiger partial charge in [-0.3, -0.25) is 4.79 Å². The second kappa shape index (κ2) is 7.27. The van der Waals surface area contributed by atoms with Gasteiger partial charge in [-0.2, -0.15) is 4.31 Å². The largest absolute Gasteiger partial charge is 0.341 e. The van der Waals surface area contributed by atoms with Crippen molar-refractivity contribution in [3.63, 3.8) is 0 Å². The van der Waals surface area contributed by atoms with Crippen LogP contribution in [0.5, 0.6) is 0 Å². The van der Waals surface area contributed by atoms with E-state index in [9.17, 15) is 13.2 Å². The van der Waals surface area contributed by atoms with Crippen LogP contribution >= 0.6 is 0 Å². The van der Waals surface area contributed by atoms with Crippen molar-refractivity contribution >= 4 is 15.9 Å². The summed E-state index contributed by atoms with van der Waals surface area (Å²) in [5.74, 6) is 0.580. The number of hydrogen-bond donors (Lipinski definition) is 1. The number of amides is 1.